The first-order chi connectivity index (χ1) is 16.9. The van der Waals surface area contributed by atoms with Gasteiger partial charge in [0.05, 0.1) is 5.41 Å². The van der Waals surface area contributed by atoms with Crippen LogP contribution in [0.5, 0.6) is 0 Å². The molecule has 35 heavy (non-hydrogen) atoms. The quantitative estimate of drug-likeness (QED) is 0.510. The number of carboxylic acid groups (broad SMARTS) is 1. The molecule has 2 aromatic carbocycles. The van der Waals surface area contributed by atoms with E-state index in [1.165, 1.54) is 18.2 Å². The number of hydrogen-bond donors (Lipinski definition) is 3. The predicted octanol–water partition coefficient (Wildman–Crippen LogP) is 3.30. The average molecular weight is 479 g/mol. The standard InChI is InChI=1S/C27H30N2O6/c1-34-23(24(30)31)10-11-28-25(32)27-13-16(27)12-17(14-27)29-26(33)35-15-22-20-8-4-2-6-18(20)19-7-3-5-9-21(19)22/h2-9,16-17,22-23H,10-15H2,1H3,(H,28,32)(H,29,33)(H,30,31). The SMILES string of the molecule is COC(CCNC(=O)C12CC(NC(=O)OCC3c4ccccc4-c4ccccc43)CC1C2)C(=O)O. The minimum absolute atomic E-state index is 0.00368. The third-order valence-electron chi connectivity index (χ3n) is 7.78. The van der Waals surface area contributed by atoms with Gasteiger partial charge in [0.15, 0.2) is 6.10 Å². The molecule has 0 aliphatic heterocycles. The molecule has 0 radical (unpaired) electrons. The van der Waals surface area contributed by atoms with Gasteiger partial charge in [0, 0.05) is 32.0 Å². The molecule has 0 bridgehead atoms. The Labute approximate surface area is 204 Å². The van der Waals surface area contributed by atoms with Crippen molar-refractivity contribution in [1.82, 2.24) is 10.6 Å². The first-order valence-corrected chi connectivity index (χ1v) is 12.1. The molecule has 8 heteroatoms. The Hall–Kier alpha value is -3.39. The van der Waals surface area contributed by atoms with Crippen LogP contribution in [0.4, 0.5) is 4.79 Å². The number of carboxylic acids is 1. The van der Waals surface area contributed by atoms with Crippen molar-refractivity contribution in [2.45, 2.75) is 43.7 Å². The lowest BCUT2D eigenvalue weighted by Gasteiger charge is -2.19. The van der Waals surface area contributed by atoms with Gasteiger partial charge >= 0.3 is 12.1 Å². The Morgan fingerprint density at radius 1 is 1.06 bits per heavy atom. The van der Waals surface area contributed by atoms with E-state index >= 15 is 0 Å². The van der Waals surface area contributed by atoms with Crippen molar-refractivity contribution in [1.29, 1.82) is 0 Å². The predicted molar refractivity (Wildman–Crippen MR) is 128 cm³/mol. The molecule has 184 valence electrons. The number of nitrogens with one attached hydrogen (secondary N) is 2. The Morgan fingerprint density at radius 2 is 1.71 bits per heavy atom. The van der Waals surface area contributed by atoms with E-state index in [9.17, 15) is 14.4 Å². The number of ether oxygens (including phenoxy) is 2. The van der Waals surface area contributed by atoms with Crippen LogP contribution in [-0.2, 0) is 19.1 Å². The molecule has 4 unspecified atom stereocenters. The second-order valence-corrected chi connectivity index (χ2v) is 9.77. The van der Waals surface area contributed by atoms with Gasteiger partial charge in [0.2, 0.25) is 5.91 Å². The highest BCUT2D eigenvalue weighted by Gasteiger charge is 2.65. The smallest absolute Gasteiger partial charge is 0.407 e. The van der Waals surface area contributed by atoms with Crippen molar-refractivity contribution >= 4 is 18.0 Å². The maximum Gasteiger partial charge on any atom is 0.407 e. The topological polar surface area (TPSA) is 114 Å². The van der Waals surface area contributed by atoms with Crippen LogP contribution in [0.3, 0.4) is 0 Å². The molecule has 5 rings (SSSR count). The third-order valence-corrected chi connectivity index (χ3v) is 7.78. The fraction of sp³-hybridized carbons (Fsp3) is 0.444. The normalized spacial score (nSPS) is 24.6. The molecular weight excluding hydrogens is 448 g/mol. The van der Waals surface area contributed by atoms with E-state index in [-0.39, 0.29) is 43.4 Å². The molecule has 4 atom stereocenters. The number of carbonyl (C=O) groups excluding carboxylic acids is 2. The summed E-state index contributed by atoms with van der Waals surface area (Å²) in [5.41, 5.74) is 4.23. The first-order valence-electron chi connectivity index (χ1n) is 12.1. The molecule has 3 aliphatic rings. The van der Waals surface area contributed by atoms with Crippen LogP contribution in [0, 0.1) is 11.3 Å². The molecule has 3 N–H and O–H groups in total. The number of amides is 2. The van der Waals surface area contributed by atoms with Gasteiger partial charge in [-0.3, -0.25) is 4.79 Å². The molecule has 2 fully saturated rings. The van der Waals surface area contributed by atoms with Gasteiger partial charge < -0.3 is 25.2 Å². The number of alkyl carbamates (subject to hydrolysis) is 1. The minimum atomic E-state index is -1.04. The van der Waals surface area contributed by atoms with Crippen LogP contribution < -0.4 is 10.6 Å². The summed E-state index contributed by atoms with van der Waals surface area (Å²) >= 11 is 0. The van der Waals surface area contributed by atoms with Gasteiger partial charge in [-0.1, -0.05) is 48.5 Å². The van der Waals surface area contributed by atoms with Crippen molar-refractivity contribution in [3.05, 3.63) is 59.7 Å². The molecule has 0 saturated heterocycles. The number of rotatable bonds is 9. The van der Waals surface area contributed by atoms with Crippen molar-refractivity contribution in [3.63, 3.8) is 0 Å². The molecule has 8 nitrogen and oxygen atoms in total. The van der Waals surface area contributed by atoms with Crippen LogP contribution >= 0.6 is 0 Å². The lowest BCUT2D eigenvalue weighted by Crippen LogP contribution is -2.39. The van der Waals surface area contributed by atoms with Gasteiger partial charge in [0.1, 0.15) is 6.61 Å². The molecule has 2 amide bonds. The zero-order valence-corrected chi connectivity index (χ0v) is 19.7. The molecule has 3 aliphatic carbocycles. The van der Waals surface area contributed by atoms with Crippen LogP contribution in [-0.4, -0.2) is 55.5 Å². The molecular formula is C27H30N2O6. The Balaban J connectivity index is 1.12. The van der Waals surface area contributed by atoms with E-state index in [2.05, 4.69) is 34.9 Å². The number of hydrogen-bond acceptors (Lipinski definition) is 5. The molecule has 0 heterocycles. The minimum Gasteiger partial charge on any atom is -0.479 e. The Kier molecular flexibility index (Phi) is 6.23. The number of methoxy groups -OCH3 is 1. The van der Waals surface area contributed by atoms with Crippen LogP contribution in [0.25, 0.3) is 11.1 Å². The summed E-state index contributed by atoms with van der Waals surface area (Å²) in [6.45, 7) is 0.495. The maximum atomic E-state index is 12.8. The van der Waals surface area contributed by atoms with E-state index in [0.29, 0.717) is 6.42 Å². The second-order valence-electron chi connectivity index (χ2n) is 9.77. The molecule has 2 saturated carbocycles. The van der Waals surface area contributed by atoms with E-state index in [0.717, 1.165) is 24.0 Å². The highest BCUT2D eigenvalue weighted by molar-refractivity contribution is 5.87. The molecule has 0 spiro atoms. The first kappa shape index (κ1) is 23.4. The summed E-state index contributed by atoms with van der Waals surface area (Å²) in [5, 5.41) is 14.9. The Morgan fingerprint density at radius 3 is 2.34 bits per heavy atom. The average Bonchev–Trinajstić information content (AvgIpc) is 3.28. The van der Waals surface area contributed by atoms with Crippen molar-refractivity contribution in [2.75, 3.05) is 20.3 Å². The third kappa shape index (κ3) is 4.38. The maximum absolute atomic E-state index is 12.8. The zero-order valence-electron chi connectivity index (χ0n) is 19.7. The van der Waals surface area contributed by atoms with E-state index in [1.807, 2.05) is 24.3 Å². The summed E-state index contributed by atoms with van der Waals surface area (Å²) in [6.07, 6.45) is 0.925. The lowest BCUT2D eigenvalue weighted by molar-refractivity contribution is -0.149. The fourth-order valence-corrected chi connectivity index (χ4v) is 5.93. The van der Waals surface area contributed by atoms with Crippen molar-refractivity contribution in [2.24, 2.45) is 11.3 Å². The van der Waals surface area contributed by atoms with Crippen LogP contribution in [0.1, 0.15) is 42.7 Å². The Bertz CT molecular complexity index is 1100. The second kappa shape index (κ2) is 9.34. The van der Waals surface area contributed by atoms with Crippen molar-refractivity contribution in [3.8, 4) is 11.1 Å². The van der Waals surface area contributed by atoms with Crippen LogP contribution in [0.15, 0.2) is 48.5 Å². The number of fused-ring (bicyclic) bond motifs is 4. The summed E-state index contributed by atoms with van der Waals surface area (Å²) in [6, 6.07) is 16.3. The number of aliphatic carboxylic acids is 1. The van der Waals surface area contributed by atoms with Gasteiger partial charge in [-0.25, -0.2) is 9.59 Å². The fourth-order valence-electron chi connectivity index (χ4n) is 5.93. The highest BCUT2D eigenvalue weighted by atomic mass is 16.5. The summed E-state index contributed by atoms with van der Waals surface area (Å²) in [4.78, 5) is 36.4. The largest absolute Gasteiger partial charge is 0.479 e. The van der Waals surface area contributed by atoms with Crippen molar-refractivity contribution < 1.29 is 29.0 Å². The van der Waals surface area contributed by atoms with Gasteiger partial charge in [0.25, 0.3) is 0 Å². The van der Waals surface area contributed by atoms with Gasteiger partial charge in [-0.15, -0.1) is 0 Å². The van der Waals surface area contributed by atoms with Gasteiger partial charge in [-0.05, 0) is 47.4 Å². The number of carbonyl (C=O) groups is 3. The van der Waals surface area contributed by atoms with Gasteiger partial charge in [-0.2, -0.15) is 0 Å². The summed E-state index contributed by atoms with van der Waals surface area (Å²) in [7, 11) is 1.34. The zero-order chi connectivity index (χ0) is 24.6. The van der Waals surface area contributed by atoms with E-state index < -0.39 is 23.6 Å². The van der Waals surface area contributed by atoms with E-state index in [1.54, 1.807) is 0 Å². The number of benzene rings is 2. The van der Waals surface area contributed by atoms with Crippen LogP contribution in [0.2, 0.25) is 0 Å². The highest BCUT2D eigenvalue weighted by Crippen LogP contribution is 2.63. The monoisotopic (exact) mass is 478 g/mol. The molecule has 2 aromatic rings. The summed E-state index contributed by atoms with van der Waals surface area (Å²) in [5.74, 6) is -0.875. The summed E-state index contributed by atoms with van der Waals surface area (Å²) < 4.78 is 10.6. The molecule has 0 aromatic heterocycles. The van der Waals surface area contributed by atoms with E-state index in [4.69, 9.17) is 14.6 Å². The lowest BCUT2D eigenvalue weighted by atomic mass is 9.98.